The van der Waals surface area contributed by atoms with Crippen molar-refractivity contribution in [2.75, 3.05) is 42.8 Å². The third kappa shape index (κ3) is 4.70. The molecule has 6 nitrogen and oxygen atoms in total. The number of sulfonamides is 1. The van der Waals surface area contributed by atoms with Crippen molar-refractivity contribution in [3.05, 3.63) is 29.8 Å². The number of amides is 1. The summed E-state index contributed by atoms with van der Waals surface area (Å²) in [5.41, 5.74) is 1.20. The molecule has 1 heterocycles. The molecule has 0 radical (unpaired) electrons. The fraction of sp³-hybridized carbons (Fsp3) is 0.588. The predicted octanol–water partition coefficient (Wildman–Crippen LogP) is 0.271. The number of anilines is 1. The van der Waals surface area contributed by atoms with E-state index in [4.69, 9.17) is 0 Å². The summed E-state index contributed by atoms with van der Waals surface area (Å²) in [7, 11) is -3.21. The molecular formula is C17H28N3O3S+. The third-order valence-corrected chi connectivity index (χ3v) is 6.40. The number of nitrogens with one attached hydrogen (secondary N) is 2. The Morgan fingerprint density at radius 2 is 1.83 bits per heavy atom. The fourth-order valence-electron chi connectivity index (χ4n) is 2.92. The number of nitrogens with zero attached hydrogens (tertiary/aromatic N) is 1. The van der Waals surface area contributed by atoms with Crippen molar-refractivity contribution < 1.29 is 18.1 Å². The first-order valence-corrected chi connectivity index (χ1v) is 10.3. The molecule has 0 saturated carbocycles. The average Bonchev–Trinajstić information content (AvgIpc) is 2.58. The molecule has 24 heavy (non-hydrogen) atoms. The number of likely N-dealkylation sites (N-methyl/N-ethyl adjacent to an activating group) is 1. The monoisotopic (exact) mass is 354 g/mol. The molecule has 0 aromatic heterocycles. The lowest BCUT2D eigenvalue weighted by atomic mass is 10.2. The van der Waals surface area contributed by atoms with Crippen molar-refractivity contribution >= 4 is 21.6 Å². The second kappa shape index (κ2) is 8.48. The lowest BCUT2D eigenvalue weighted by molar-refractivity contribution is -0.895. The van der Waals surface area contributed by atoms with Crippen LogP contribution in [-0.2, 0) is 10.0 Å². The second-order valence-electron chi connectivity index (χ2n) is 6.11. The van der Waals surface area contributed by atoms with Crippen LogP contribution in [0.25, 0.3) is 0 Å². The first-order chi connectivity index (χ1) is 11.5. The molecule has 0 atom stereocenters. The summed E-state index contributed by atoms with van der Waals surface area (Å²) in [6.07, 6.45) is 1.59. The summed E-state index contributed by atoms with van der Waals surface area (Å²) in [6, 6.07) is 6.82. The van der Waals surface area contributed by atoms with E-state index in [1.807, 2.05) is 0 Å². The minimum atomic E-state index is -3.21. The molecule has 134 valence electrons. The van der Waals surface area contributed by atoms with Gasteiger partial charge >= 0.3 is 0 Å². The van der Waals surface area contributed by atoms with E-state index < -0.39 is 10.0 Å². The molecule has 2 N–H and O–H groups in total. The van der Waals surface area contributed by atoms with Gasteiger partial charge in [0.05, 0.1) is 37.6 Å². The van der Waals surface area contributed by atoms with Crippen LogP contribution in [0.1, 0.15) is 37.0 Å². The number of carbonyl (C=O) groups is 1. The zero-order chi connectivity index (χ0) is 17.6. The smallest absolute Gasteiger partial charge is 0.251 e. The van der Waals surface area contributed by atoms with Gasteiger partial charge in [-0.2, -0.15) is 0 Å². The van der Waals surface area contributed by atoms with Crippen LogP contribution in [0.5, 0.6) is 0 Å². The van der Waals surface area contributed by atoms with E-state index in [1.54, 1.807) is 24.3 Å². The minimum absolute atomic E-state index is 0.116. The van der Waals surface area contributed by atoms with E-state index >= 15 is 0 Å². The molecule has 1 saturated heterocycles. The molecule has 1 amide bonds. The Hall–Kier alpha value is -1.60. The predicted molar refractivity (Wildman–Crippen MR) is 96.1 cm³/mol. The van der Waals surface area contributed by atoms with Gasteiger partial charge in [0.2, 0.25) is 10.0 Å². The van der Waals surface area contributed by atoms with Crippen LogP contribution in [0.15, 0.2) is 24.3 Å². The average molecular weight is 354 g/mol. The third-order valence-electron chi connectivity index (χ3n) is 4.53. The molecule has 0 aliphatic carbocycles. The van der Waals surface area contributed by atoms with E-state index in [9.17, 15) is 13.2 Å². The van der Waals surface area contributed by atoms with Gasteiger partial charge in [-0.05, 0) is 51.0 Å². The van der Waals surface area contributed by atoms with E-state index in [-0.39, 0.29) is 11.7 Å². The Morgan fingerprint density at radius 3 is 2.42 bits per heavy atom. The van der Waals surface area contributed by atoms with E-state index in [2.05, 4.69) is 19.2 Å². The van der Waals surface area contributed by atoms with Crippen LogP contribution in [-0.4, -0.2) is 52.8 Å². The normalized spacial score (nSPS) is 17.0. The lowest BCUT2D eigenvalue weighted by Crippen LogP contribution is -3.12. The van der Waals surface area contributed by atoms with Gasteiger partial charge in [0, 0.05) is 12.1 Å². The Balaban J connectivity index is 1.95. The fourth-order valence-corrected chi connectivity index (χ4v) is 4.56. The van der Waals surface area contributed by atoms with Gasteiger partial charge in [0.1, 0.15) is 0 Å². The number of quaternary nitrogens is 1. The molecular weight excluding hydrogens is 326 g/mol. The summed E-state index contributed by atoms with van der Waals surface area (Å²) in [5.74, 6) is 0.0812. The van der Waals surface area contributed by atoms with Crippen molar-refractivity contribution in [3.63, 3.8) is 0 Å². The Morgan fingerprint density at radius 1 is 1.17 bits per heavy atom. The molecule has 0 bridgehead atoms. The maximum atomic E-state index is 12.2. The highest BCUT2D eigenvalue weighted by atomic mass is 32.2. The number of rotatable bonds is 7. The standard InChI is InChI=1S/C17H27N3O3S/c1-3-19(4-2)13-11-18-17(21)15-7-9-16(10-8-15)20-12-5-6-14-24(20,22)23/h7-10H,3-6,11-14H2,1-2H3,(H,18,21)/p+1. The van der Waals surface area contributed by atoms with Crippen LogP contribution in [0.3, 0.4) is 0 Å². The lowest BCUT2D eigenvalue weighted by Gasteiger charge is -2.28. The molecule has 0 unspecified atom stereocenters. The van der Waals surface area contributed by atoms with Gasteiger partial charge in [-0.1, -0.05) is 0 Å². The van der Waals surface area contributed by atoms with Crippen molar-refractivity contribution in [1.82, 2.24) is 5.32 Å². The summed E-state index contributed by atoms with van der Waals surface area (Å²) in [4.78, 5) is 13.6. The minimum Gasteiger partial charge on any atom is -0.346 e. The summed E-state index contributed by atoms with van der Waals surface area (Å²) >= 11 is 0. The molecule has 1 aliphatic rings. The molecule has 1 aromatic rings. The molecule has 1 fully saturated rings. The number of hydrogen-bond acceptors (Lipinski definition) is 3. The molecule has 0 spiro atoms. The summed E-state index contributed by atoms with van der Waals surface area (Å²) in [6.45, 7) is 8.42. The maximum Gasteiger partial charge on any atom is 0.251 e. The van der Waals surface area contributed by atoms with Gasteiger partial charge in [-0.15, -0.1) is 0 Å². The van der Waals surface area contributed by atoms with E-state index in [0.717, 1.165) is 26.1 Å². The van der Waals surface area contributed by atoms with Crippen LogP contribution in [0.4, 0.5) is 5.69 Å². The highest BCUT2D eigenvalue weighted by Gasteiger charge is 2.25. The second-order valence-corrected chi connectivity index (χ2v) is 8.12. The maximum absolute atomic E-state index is 12.2. The first-order valence-electron chi connectivity index (χ1n) is 8.70. The zero-order valence-electron chi connectivity index (χ0n) is 14.5. The van der Waals surface area contributed by atoms with Gasteiger partial charge in [-0.3, -0.25) is 9.10 Å². The quantitative estimate of drug-likeness (QED) is 0.738. The van der Waals surface area contributed by atoms with Crippen molar-refractivity contribution in [1.29, 1.82) is 0 Å². The van der Waals surface area contributed by atoms with Crippen molar-refractivity contribution in [2.24, 2.45) is 0 Å². The molecule has 1 aliphatic heterocycles. The van der Waals surface area contributed by atoms with Gasteiger partial charge in [-0.25, -0.2) is 8.42 Å². The van der Waals surface area contributed by atoms with Crippen LogP contribution >= 0.6 is 0 Å². The van der Waals surface area contributed by atoms with E-state index in [1.165, 1.54) is 9.21 Å². The largest absolute Gasteiger partial charge is 0.346 e. The van der Waals surface area contributed by atoms with Crippen LogP contribution in [0, 0.1) is 0 Å². The highest BCUT2D eigenvalue weighted by molar-refractivity contribution is 7.92. The Bertz CT molecular complexity index is 640. The number of benzene rings is 1. The number of hydrogen-bond donors (Lipinski definition) is 2. The van der Waals surface area contributed by atoms with Crippen molar-refractivity contribution in [2.45, 2.75) is 26.7 Å². The summed E-state index contributed by atoms with van der Waals surface area (Å²) in [5, 5.41) is 2.92. The van der Waals surface area contributed by atoms with Crippen LogP contribution in [0.2, 0.25) is 0 Å². The van der Waals surface area contributed by atoms with Gasteiger partial charge < -0.3 is 10.2 Å². The zero-order valence-corrected chi connectivity index (χ0v) is 15.4. The van der Waals surface area contributed by atoms with E-state index in [0.29, 0.717) is 30.8 Å². The molecule has 1 aromatic carbocycles. The topological polar surface area (TPSA) is 70.9 Å². The first kappa shape index (κ1) is 18.7. The molecule has 7 heteroatoms. The SMILES string of the molecule is CC[NH+](CC)CCNC(=O)c1ccc(N2CCCCS2(=O)=O)cc1. The number of carbonyl (C=O) groups excluding carboxylic acids is 1. The molecule has 2 rings (SSSR count). The van der Waals surface area contributed by atoms with Crippen molar-refractivity contribution in [3.8, 4) is 0 Å². The van der Waals surface area contributed by atoms with Gasteiger partial charge in [0.25, 0.3) is 5.91 Å². The summed E-state index contributed by atoms with van der Waals surface area (Å²) < 4.78 is 25.7. The Labute approximate surface area is 144 Å². The van der Waals surface area contributed by atoms with Crippen LogP contribution < -0.4 is 14.5 Å². The van der Waals surface area contributed by atoms with Gasteiger partial charge in [0.15, 0.2) is 0 Å². The Kier molecular flexibility index (Phi) is 6.62. The highest BCUT2D eigenvalue weighted by Crippen LogP contribution is 2.23.